The van der Waals surface area contributed by atoms with Gasteiger partial charge >= 0.3 is 0 Å². The molecule has 0 radical (unpaired) electrons. The molecule has 0 spiro atoms. The van der Waals surface area contributed by atoms with Crippen LogP contribution in [0.4, 0.5) is 0 Å². The second-order valence-corrected chi connectivity index (χ2v) is 1.79. The minimum atomic E-state index is 0.125. The van der Waals surface area contributed by atoms with Crippen molar-refractivity contribution in [1.82, 2.24) is 5.32 Å². The highest BCUT2D eigenvalue weighted by Gasteiger charge is 1.84. The Morgan fingerprint density at radius 2 is 2.22 bits per heavy atom. The lowest BCUT2D eigenvalue weighted by Crippen LogP contribution is -2.11. The number of rotatable bonds is 6. The number of hydrogen-bond donors (Lipinski definition) is 2. The number of nitrogens with one attached hydrogen (secondary N) is 1. The largest absolute Gasteiger partial charge is 0.394 e. The normalized spacial score (nSPS) is 10.0. The summed E-state index contributed by atoms with van der Waals surface area (Å²) in [4.78, 5) is 0. The first-order valence-corrected chi connectivity index (χ1v) is 3.25. The van der Waals surface area contributed by atoms with E-state index in [1.54, 1.807) is 0 Å². The molecule has 0 aliphatic rings. The van der Waals surface area contributed by atoms with Crippen LogP contribution in [0, 0.1) is 0 Å². The van der Waals surface area contributed by atoms with Crippen LogP contribution in [0.3, 0.4) is 0 Å². The van der Waals surface area contributed by atoms with Gasteiger partial charge in [-0.1, -0.05) is 0 Å². The fourth-order valence-electron chi connectivity index (χ4n) is 0.518. The second kappa shape index (κ2) is 7.88. The maximum atomic E-state index is 8.28. The van der Waals surface area contributed by atoms with E-state index in [2.05, 4.69) is 5.32 Å². The first kappa shape index (κ1) is 8.88. The molecule has 0 bridgehead atoms. The van der Waals surface area contributed by atoms with Gasteiger partial charge in [-0.2, -0.15) is 0 Å². The fourth-order valence-corrected chi connectivity index (χ4v) is 0.518. The minimum Gasteiger partial charge on any atom is -0.394 e. The molecule has 2 N–H and O–H groups in total. The molecular weight excluding hydrogens is 118 g/mol. The van der Waals surface area contributed by atoms with Crippen LogP contribution >= 0.6 is 0 Å². The summed E-state index contributed by atoms with van der Waals surface area (Å²) in [5.74, 6) is 0. The first-order chi connectivity index (χ1) is 4.41. The molecule has 0 aromatic rings. The molecule has 0 fully saturated rings. The van der Waals surface area contributed by atoms with Crippen molar-refractivity contribution in [1.29, 1.82) is 0 Å². The third-order valence-corrected chi connectivity index (χ3v) is 0.951. The van der Waals surface area contributed by atoms with Gasteiger partial charge in [-0.25, -0.2) is 0 Å². The quantitative estimate of drug-likeness (QED) is 0.485. The van der Waals surface area contributed by atoms with Crippen LogP contribution in [-0.4, -0.2) is 38.5 Å². The van der Waals surface area contributed by atoms with Gasteiger partial charge < -0.3 is 15.2 Å². The zero-order valence-corrected chi connectivity index (χ0v) is 5.89. The Labute approximate surface area is 56.0 Å². The highest BCUT2D eigenvalue weighted by molar-refractivity contribution is 4.38. The van der Waals surface area contributed by atoms with Crippen LogP contribution in [0.15, 0.2) is 0 Å². The third-order valence-electron chi connectivity index (χ3n) is 0.951. The topological polar surface area (TPSA) is 41.5 Å². The van der Waals surface area contributed by atoms with Crippen LogP contribution in [-0.2, 0) is 4.74 Å². The van der Waals surface area contributed by atoms with E-state index in [-0.39, 0.29) is 6.61 Å². The van der Waals surface area contributed by atoms with Crippen molar-refractivity contribution in [3.63, 3.8) is 0 Å². The molecule has 0 saturated carbocycles. The molecule has 0 aliphatic carbocycles. The lowest BCUT2D eigenvalue weighted by atomic mass is 10.4. The van der Waals surface area contributed by atoms with Gasteiger partial charge in [-0.15, -0.1) is 0 Å². The summed E-state index contributed by atoms with van der Waals surface area (Å²) in [6, 6.07) is 0. The fraction of sp³-hybridized carbons (Fsp3) is 1.00. The zero-order valence-electron chi connectivity index (χ0n) is 5.89. The highest BCUT2D eigenvalue weighted by atomic mass is 16.5. The molecule has 0 aromatic carbocycles. The zero-order chi connectivity index (χ0) is 6.95. The molecule has 56 valence electrons. The Morgan fingerprint density at radius 1 is 1.44 bits per heavy atom. The van der Waals surface area contributed by atoms with Crippen molar-refractivity contribution in [3.05, 3.63) is 0 Å². The monoisotopic (exact) mass is 133 g/mol. The summed E-state index contributed by atoms with van der Waals surface area (Å²) >= 11 is 0. The SMILES string of the molecule is CNCCCOCCO. The Kier molecular flexibility index (Phi) is 7.77. The Balaban J connectivity index is 2.60. The van der Waals surface area contributed by atoms with Crippen molar-refractivity contribution < 1.29 is 9.84 Å². The van der Waals surface area contributed by atoms with Gasteiger partial charge in [0, 0.05) is 6.61 Å². The van der Waals surface area contributed by atoms with Crippen LogP contribution in [0.5, 0.6) is 0 Å². The van der Waals surface area contributed by atoms with Crippen LogP contribution in [0.2, 0.25) is 0 Å². The van der Waals surface area contributed by atoms with Gasteiger partial charge in [0.25, 0.3) is 0 Å². The standard InChI is InChI=1S/C6H15NO2/c1-7-3-2-5-9-6-4-8/h7-8H,2-6H2,1H3. The van der Waals surface area contributed by atoms with Crippen molar-refractivity contribution in [3.8, 4) is 0 Å². The smallest absolute Gasteiger partial charge is 0.0697 e. The summed E-state index contributed by atoms with van der Waals surface area (Å²) in [7, 11) is 1.91. The predicted molar refractivity (Wildman–Crippen MR) is 36.4 cm³/mol. The average Bonchev–Trinajstić information content (AvgIpc) is 1.89. The Morgan fingerprint density at radius 3 is 2.78 bits per heavy atom. The van der Waals surface area contributed by atoms with Gasteiger partial charge in [-0.3, -0.25) is 0 Å². The molecule has 0 heterocycles. The molecule has 0 atom stereocenters. The third kappa shape index (κ3) is 7.88. The number of hydrogen-bond acceptors (Lipinski definition) is 3. The number of aliphatic hydroxyl groups excluding tert-OH is 1. The second-order valence-electron chi connectivity index (χ2n) is 1.79. The van der Waals surface area contributed by atoms with Crippen molar-refractivity contribution in [2.45, 2.75) is 6.42 Å². The molecule has 0 unspecified atom stereocenters. The lowest BCUT2D eigenvalue weighted by Gasteiger charge is -1.99. The summed E-state index contributed by atoms with van der Waals surface area (Å²) in [6.45, 7) is 2.30. The summed E-state index contributed by atoms with van der Waals surface area (Å²) in [5, 5.41) is 11.3. The Hall–Kier alpha value is -0.120. The molecule has 0 aliphatic heterocycles. The van der Waals surface area contributed by atoms with E-state index in [9.17, 15) is 0 Å². The number of ether oxygens (including phenoxy) is 1. The Bertz CT molecular complexity index is 44.3. The van der Waals surface area contributed by atoms with E-state index in [1.807, 2.05) is 7.05 Å². The van der Waals surface area contributed by atoms with E-state index in [0.29, 0.717) is 6.61 Å². The van der Waals surface area contributed by atoms with Gasteiger partial charge in [0.05, 0.1) is 13.2 Å². The van der Waals surface area contributed by atoms with Gasteiger partial charge in [0.15, 0.2) is 0 Å². The van der Waals surface area contributed by atoms with E-state index in [0.717, 1.165) is 19.6 Å². The van der Waals surface area contributed by atoms with E-state index in [4.69, 9.17) is 9.84 Å². The van der Waals surface area contributed by atoms with Crippen molar-refractivity contribution >= 4 is 0 Å². The molecule has 3 heteroatoms. The molecule has 9 heavy (non-hydrogen) atoms. The maximum Gasteiger partial charge on any atom is 0.0697 e. The van der Waals surface area contributed by atoms with E-state index >= 15 is 0 Å². The van der Waals surface area contributed by atoms with Crippen LogP contribution in [0.1, 0.15) is 6.42 Å². The molecule has 0 rings (SSSR count). The maximum absolute atomic E-state index is 8.28. The van der Waals surface area contributed by atoms with Crippen molar-refractivity contribution in [2.24, 2.45) is 0 Å². The van der Waals surface area contributed by atoms with Gasteiger partial charge in [0.2, 0.25) is 0 Å². The lowest BCUT2D eigenvalue weighted by molar-refractivity contribution is 0.0910. The highest BCUT2D eigenvalue weighted by Crippen LogP contribution is 1.78. The van der Waals surface area contributed by atoms with Crippen LogP contribution in [0.25, 0.3) is 0 Å². The van der Waals surface area contributed by atoms with E-state index in [1.165, 1.54) is 0 Å². The van der Waals surface area contributed by atoms with Crippen molar-refractivity contribution in [2.75, 3.05) is 33.4 Å². The summed E-state index contributed by atoms with van der Waals surface area (Å²) in [6.07, 6.45) is 1.01. The summed E-state index contributed by atoms with van der Waals surface area (Å²) < 4.78 is 4.99. The van der Waals surface area contributed by atoms with Crippen LogP contribution < -0.4 is 5.32 Å². The average molecular weight is 133 g/mol. The molecular formula is C6H15NO2. The molecule has 0 saturated heterocycles. The van der Waals surface area contributed by atoms with Gasteiger partial charge in [0.1, 0.15) is 0 Å². The molecule has 3 nitrogen and oxygen atoms in total. The minimum absolute atomic E-state index is 0.125. The first-order valence-electron chi connectivity index (χ1n) is 3.25. The van der Waals surface area contributed by atoms with Gasteiger partial charge in [-0.05, 0) is 20.0 Å². The van der Waals surface area contributed by atoms with E-state index < -0.39 is 0 Å². The number of aliphatic hydroxyl groups is 1. The molecule has 0 aromatic heterocycles. The predicted octanol–water partition coefficient (Wildman–Crippen LogP) is -0.395. The summed E-state index contributed by atoms with van der Waals surface area (Å²) in [5.41, 5.74) is 0. The molecule has 0 amide bonds.